The van der Waals surface area contributed by atoms with Crippen LogP contribution in [-0.2, 0) is 9.63 Å². The van der Waals surface area contributed by atoms with Crippen molar-refractivity contribution in [2.24, 2.45) is 11.1 Å². The SMILES string of the molecule is O=C1Oc2ccccc2C2ON=C(c3c(Cl)cccc3Cl)C12. The molecular weight excluding hydrogens is 325 g/mol. The second-order valence-corrected chi connectivity index (χ2v) is 5.85. The number of nitrogens with zero attached hydrogens (tertiary/aromatic N) is 1. The van der Waals surface area contributed by atoms with E-state index < -0.39 is 18.0 Å². The fourth-order valence-electron chi connectivity index (χ4n) is 2.77. The minimum absolute atomic E-state index is 0.403. The monoisotopic (exact) mass is 333 g/mol. The van der Waals surface area contributed by atoms with Crippen LogP contribution in [0.2, 0.25) is 10.0 Å². The van der Waals surface area contributed by atoms with E-state index in [0.29, 0.717) is 27.1 Å². The van der Waals surface area contributed by atoms with Gasteiger partial charge in [-0.15, -0.1) is 0 Å². The van der Waals surface area contributed by atoms with Crippen molar-refractivity contribution in [2.75, 3.05) is 0 Å². The molecular formula is C16H9Cl2NO3. The van der Waals surface area contributed by atoms with Crippen LogP contribution >= 0.6 is 23.2 Å². The van der Waals surface area contributed by atoms with Gasteiger partial charge in [-0.1, -0.05) is 52.6 Å². The Bertz CT molecular complexity index is 799. The van der Waals surface area contributed by atoms with Crippen molar-refractivity contribution < 1.29 is 14.4 Å². The predicted molar refractivity (Wildman–Crippen MR) is 82.4 cm³/mol. The third-order valence-corrected chi connectivity index (χ3v) is 4.40. The number of para-hydroxylation sites is 1. The molecule has 2 aliphatic heterocycles. The second-order valence-electron chi connectivity index (χ2n) is 5.04. The summed E-state index contributed by atoms with van der Waals surface area (Å²) in [5, 5.41) is 4.91. The third kappa shape index (κ3) is 1.91. The molecule has 2 aliphatic rings. The smallest absolute Gasteiger partial charge is 0.324 e. The number of esters is 1. The van der Waals surface area contributed by atoms with Crippen LogP contribution in [0, 0.1) is 5.92 Å². The molecule has 0 fully saturated rings. The molecule has 0 bridgehead atoms. The lowest BCUT2D eigenvalue weighted by Crippen LogP contribution is -2.35. The van der Waals surface area contributed by atoms with Crippen LogP contribution in [0.5, 0.6) is 5.75 Å². The maximum absolute atomic E-state index is 12.4. The molecule has 0 spiro atoms. The zero-order valence-corrected chi connectivity index (χ0v) is 12.6. The number of hydrogen-bond acceptors (Lipinski definition) is 4. The molecule has 4 nitrogen and oxygen atoms in total. The van der Waals surface area contributed by atoms with Gasteiger partial charge in [-0.3, -0.25) is 4.79 Å². The molecule has 0 saturated heterocycles. The normalized spacial score (nSPS) is 22.3. The van der Waals surface area contributed by atoms with Crippen LogP contribution < -0.4 is 4.74 Å². The quantitative estimate of drug-likeness (QED) is 0.585. The number of rotatable bonds is 1. The molecule has 2 atom stereocenters. The lowest BCUT2D eigenvalue weighted by atomic mass is 9.86. The molecule has 0 N–H and O–H groups in total. The van der Waals surface area contributed by atoms with E-state index in [1.165, 1.54) is 0 Å². The molecule has 0 amide bonds. The number of oxime groups is 1. The number of hydrogen-bond donors (Lipinski definition) is 0. The zero-order chi connectivity index (χ0) is 15.3. The van der Waals surface area contributed by atoms with Crippen molar-refractivity contribution >= 4 is 34.9 Å². The first-order valence-corrected chi connectivity index (χ1v) is 7.41. The number of halogens is 2. The Hall–Kier alpha value is -2.04. The molecule has 110 valence electrons. The zero-order valence-electron chi connectivity index (χ0n) is 11.1. The van der Waals surface area contributed by atoms with Gasteiger partial charge in [0.2, 0.25) is 0 Å². The number of carbonyl (C=O) groups is 1. The lowest BCUT2D eigenvalue weighted by Gasteiger charge is -2.25. The summed E-state index contributed by atoms with van der Waals surface area (Å²) in [6.45, 7) is 0. The number of ether oxygens (including phenoxy) is 1. The molecule has 22 heavy (non-hydrogen) atoms. The lowest BCUT2D eigenvalue weighted by molar-refractivity contribution is -0.142. The summed E-state index contributed by atoms with van der Waals surface area (Å²) >= 11 is 12.4. The first kappa shape index (κ1) is 13.6. The van der Waals surface area contributed by atoms with Crippen molar-refractivity contribution in [1.29, 1.82) is 0 Å². The topological polar surface area (TPSA) is 47.9 Å². The van der Waals surface area contributed by atoms with E-state index in [2.05, 4.69) is 5.16 Å². The van der Waals surface area contributed by atoms with Crippen LogP contribution in [0.25, 0.3) is 0 Å². The van der Waals surface area contributed by atoms with Gasteiger partial charge in [0.25, 0.3) is 0 Å². The van der Waals surface area contributed by atoms with Crippen molar-refractivity contribution in [3.05, 3.63) is 63.6 Å². The fraction of sp³-hybridized carbons (Fsp3) is 0.125. The summed E-state index contributed by atoms with van der Waals surface area (Å²) < 4.78 is 5.39. The molecule has 0 saturated carbocycles. The molecule has 0 aliphatic carbocycles. The maximum Gasteiger partial charge on any atom is 0.324 e. The molecule has 2 unspecified atom stereocenters. The Morgan fingerprint density at radius 2 is 1.73 bits per heavy atom. The van der Waals surface area contributed by atoms with Gasteiger partial charge >= 0.3 is 5.97 Å². The summed E-state index contributed by atoms with van der Waals surface area (Å²) in [4.78, 5) is 17.9. The highest BCUT2D eigenvalue weighted by atomic mass is 35.5. The van der Waals surface area contributed by atoms with Crippen LogP contribution in [0.4, 0.5) is 0 Å². The molecule has 2 aromatic carbocycles. The van der Waals surface area contributed by atoms with Crippen LogP contribution in [0.1, 0.15) is 17.2 Å². The highest BCUT2D eigenvalue weighted by Gasteiger charge is 2.48. The Kier molecular flexibility index (Phi) is 3.10. The van der Waals surface area contributed by atoms with E-state index in [1.54, 1.807) is 30.3 Å². The summed E-state index contributed by atoms with van der Waals surface area (Å²) in [5.74, 6) is -0.598. The summed E-state index contributed by atoms with van der Waals surface area (Å²) in [6.07, 6.45) is -0.514. The highest BCUT2D eigenvalue weighted by Crippen LogP contribution is 2.45. The van der Waals surface area contributed by atoms with E-state index in [1.807, 2.05) is 12.1 Å². The summed E-state index contributed by atoms with van der Waals surface area (Å²) in [7, 11) is 0. The number of carbonyl (C=O) groups excluding carboxylic acids is 1. The average molecular weight is 334 g/mol. The van der Waals surface area contributed by atoms with Gasteiger partial charge in [0.05, 0.1) is 10.0 Å². The van der Waals surface area contributed by atoms with Crippen molar-refractivity contribution in [2.45, 2.75) is 6.10 Å². The van der Waals surface area contributed by atoms with Gasteiger partial charge in [-0.25, -0.2) is 0 Å². The van der Waals surface area contributed by atoms with E-state index in [4.69, 9.17) is 32.8 Å². The third-order valence-electron chi connectivity index (χ3n) is 3.77. The number of fused-ring (bicyclic) bond motifs is 3. The summed E-state index contributed by atoms with van der Waals surface area (Å²) in [6, 6.07) is 12.4. The van der Waals surface area contributed by atoms with E-state index >= 15 is 0 Å². The molecule has 0 aromatic heterocycles. The summed E-state index contributed by atoms with van der Waals surface area (Å²) in [5.41, 5.74) is 1.70. The van der Waals surface area contributed by atoms with Gasteiger partial charge < -0.3 is 9.57 Å². The first-order chi connectivity index (χ1) is 10.7. The van der Waals surface area contributed by atoms with Crippen LogP contribution in [0.3, 0.4) is 0 Å². The van der Waals surface area contributed by atoms with Gasteiger partial charge in [-0.05, 0) is 18.2 Å². The molecule has 6 heteroatoms. The highest BCUT2D eigenvalue weighted by molar-refractivity contribution is 6.41. The van der Waals surface area contributed by atoms with Gasteiger partial charge in [0, 0.05) is 11.1 Å². The first-order valence-electron chi connectivity index (χ1n) is 6.65. The predicted octanol–water partition coefficient (Wildman–Crippen LogP) is 4.00. The second kappa shape index (κ2) is 5.00. The average Bonchev–Trinajstić information content (AvgIpc) is 2.93. The minimum atomic E-state index is -0.674. The van der Waals surface area contributed by atoms with E-state index in [-0.39, 0.29) is 0 Å². The van der Waals surface area contributed by atoms with Crippen LogP contribution in [-0.4, -0.2) is 11.7 Å². The van der Waals surface area contributed by atoms with Crippen LogP contribution in [0.15, 0.2) is 47.6 Å². The van der Waals surface area contributed by atoms with Gasteiger partial charge in [0.1, 0.15) is 17.4 Å². The van der Waals surface area contributed by atoms with Crippen molar-refractivity contribution in [3.8, 4) is 5.75 Å². The fourth-order valence-corrected chi connectivity index (χ4v) is 3.36. The number of benzene rings is 2. The Labute approximate surface area is 136 Å². The Balaban J connectivity index is 1.82. The van der Waals surface area contributed by atoms with Gasteiger partial charge in [-0.2, -0.15) is 0 Å². The van der Waals surface area contributed by atoms with E-state index in [0.717, 1.165) is 5.56 Å². The Morgan fingerprint density at radius 1 is 1.00 bits per heavy atom. The Morgan fingerprint density at radius 3 is 2.50 bits per heavy atom. The molecule has 2 aromatic rings. The largest absolute Gasteiger partial charge is 0.425 e. The molecule has 2 heterocycles. The molecule has 4 rings (SSSR count). The standard InChI is InChI=1S/C16H9Cl2NO3/c17-9-5-3-6-10(18)12(9)14-13-15(22-19-14)8-4-1-2-7-11(8)21-16(13)20/h1-7,13,15H. The van der Waals surface area contributed by atoms with Gasteiger partial charge in [0.15, 0.2) is 6.10 Å². The van der Waals surface area contributed by atoms with Crippen molar-refractivity contribution in [1.82, 2.24) is 0 Å². The van der Waals surface area contributed by atoms with E-state index in [9.17, 15) is 4.79 Å². The minimum Gasteiger partial charge on any atom is -0.425 e. The maximum atomic E-state index is 12.4. The van der Waals surface area contributed by atoms with Crippen molar-refractivity contribution in [3.63, 3.8) is 0 Å². The molecule has 0 radical (unpaired) electrons.